The highest BCUT2D eigenvalue weighted by atomic mass is 32.1. The van der Waals surface area contributed by atoms with Gasteiger partial charge in [-0.05, 0) is 111 Å². The Hall–Kier alpha value is -4.23. The highest BCUT2D eigenvalue weighted by Crippen LogP contribution is 2.30. The van der Waals surface area contributed by atoms with Crippen molar-refractivity contribution in [1.82, 2.24) is 10.3 Å². The molecule has 0 atom stereocenters. The van der Waals surface area contributed by atoms with Crippen LogP contribution in [0.25, 0.3) is 33.9 Å². The minimum atomic E-state index is -0.425. The molecule has 3 aromatic carbocycles. The van der Waals surface area contributed by atoms with Crippen LogP contribution in [-0.2, 0) is 0 Å². The zero-order valence-electron chi connectivity index (χ0n) is 21.4. The number of aryl methyl sites for hydroxylation is 5. The molecule has 5 rings (SSSR count). The van der Waals surface area contributed by atoms with Crippen molar-refractivity contribution in [2.24, 2.45) is 0 Å². The molecule has 2 aromatic heterocycles. The maximum atomic E-state index is 12.8. The lowest BCUT2D eigenvalue weighted by Crippen LogP contribution is -2.34. The van der Waals surface area contributed by atoms with Gasteiger partial charge in [0.15, 0.2) is 16.5 Å². The highest BCUT2D eigenvalue weighted by molar-refractivity contribution is 7.80. The fourth-order valence-corrected chi connectivity index (χ4v) is 4.42. The average molecular weight is 510 g/mol. The van der Waals surface area contributed by atoms with Gasteiger partial charge in [0.1, 0.15) is 11.3 Å². The van der Waals surface area contributed by atoms with Gasteiger partial charge in [-0.3, -0.25) is 10.1 Å². The van der Waals surface area contributed by atoms with Crippen molar-refractivity contribution in [2.45, 2.75) is 34.6 Å². The lowest BCUT2D eigenvalue weighted by molar-refractivity contribution is 0.0951. The van der Waals surface area contributed by atoms with E-state index < -0.39 is 5.91 Å². The monoisotopic (exact) mass is 509 g/mol. The number of furan rings is 1. The summed E-state index contributed by atoms with van der Waals surface area (Å²) in [4.78, 5) is 17.5. The van der Waals surface area contributed by atoms with Crippen molar-refractivity contribution >= 4 is 40.0 Å². The van der Waals surface area contributed by atoms with Crippen molar-refractivity contribution in [3.05, 3.63) is 94.2 Å². The Morgan fingerprint density at radius 1 is 0.784 bits per heavy atom. The number of anilines is 1. The molecular formula is C30H27N3O3S. The molecule has 0 aliphatic heterocycles. The Labute approximate surface area is 220 Å². The molecule has 0 aliphatic carbocycles. The van der Waals surface area contributed by atoms with E-state index in [1.54, 1.807) is 12.1 Å². The van der Waals surface area contributed by atoms with Crippen LogP contribution in [0.3, 0.4) is 0 Å². The number of carbonyl (C=O) groups excluding carboxylic acids is 1. The van der Waals surface area contributed by atoms with Gasteiger partial charge in [0.25, 0.3) is 5.91 Å². The van der Waals surface area contributed by atoms with Gasteiger partial charge in [0, 0.05) is 16.8 Å². The summed E-state index contributed by atoms with van der Waals surface area (Å²) in [6.07, 6.45) is 0. The summed E-state index contributed by atoms with van der Waals surface area (Å²) in [6.45, 7) is 10.1. The van der Waals surface area contributed by atoms with Crippen LogP contribution in [0.1, 0.15) is 38.4 Å². The number of carbonyl (C=O) groups is 1. The first-order chi connectivity index (χ1) is 17.7. The maximum absolute atomic E-state index is 12.8. The Morgan fingerprint density at radius 2 is 1.54 bits per heavy atom. The topological polar surface area (TPSA) is 80.3 Å². The maximum Gasteiger partial charge on any atom is 0.293 e. The molecule has 0 spiro atoms. The fraction of sp³-hybridized carbons (Fsp3) is 0.167. The molecule has 0 aliphatic rings. The summed E-state index contributed by atoms with van der Waals surface area (Å²) < 4.78 is 11.9. The second-order valence-electron chi connectivity index (χ2n) is 9.35. The zero-order chi connectivity index (χ0) is 26.3. The minimum absolute atomic E-state index is 0.165. The van der Waals surface area contributed by atoms with Crippen LogP contribution in [0, 0.1) is 34.6 Å². The van der Waals surface area contributed by atoms with E-state index in [0.29, 0.717) is 11.7 Å². The van der Waals surface area contributed by atoms with E-state index in [-0.39, 0.29) is 10.9 Å². The van der Waals surface area contributed by atoms with Crippen LogP contribution in [0.2, 0.25) is 0 Å². The van der Waals surface area contributed by atoms with Gasteiger partial charge in [0.05, 0.1) is 0 Å². The third-order valence-corrected chi connectivity index (χ3v) is 6.61. The predicted molar refractivity (Wildman–Crippen MR) is 151 cm³/mol. The number of oxazole rings is 1. The van der Waals surface area contributed by atoms with E-state index in [1.807, 2.05) is 70.2 Å². The molecule has 0 unspecified atom stereocenters. The molecule has 0 saturated heterocycles. The normalized spacial score (nSPS) is 11.1. The van der Waals surface area contributed by atoms with E-state index in [4.69, 9.17) is 21.1 Å². The Balaban J connectivity index is 1.31. The van der Waals surface area contributed by atoms with Crippen molar-refractivity contribution in [2.75, 3.05) is 5.32 Å². The summed E-state index contributed by atoms with van der Waals surface area (Å²) in [5.41, 5.74) is 9.56. The van der Waals surface area contributed by atoms with Gasteiger partial charge in [0.2, 0.25) is 5.89 Å². The highest BCUT2D eigenvalue weighted by Gasteiger charge is 2.16. The van der Waals surface area contributed by atoms with E-state index in [2.05, 4.69) is 28.6 Å². The lowest BCUT2D eigenvalue weighted by Gasteiger charge is -2.12. The number of hydrogen-bond donors (Lipinski definition) is 2. The van der Waals surface area contributed by atoms with Crippen LogP contribution in [0.4, 0.5) is 5.69 Å². The predicted octanol–water partition coefficient (Wildman–Crippen LogP) is 7.42. The zero-order valence-corrected chi connectivity index (χ0v) is 22.2. The lowest BCUT2D eigenvalue weighted by atomic mass is 10.1. The quantitative estimate of drug-likeness (QED) is 0.245. The molecule has 37 heavy (non-hydrogen) atoms. The number of hydrogen-bond acceptors (Lipinski definition) is 5. The standard InChI is InChI=1S/C30H27N3O3S/c1-16-12-20(5)27-24(13-16)31-29(36-27)22-9-7-18(3)23(15-22)32-30(37)33-28(34)26-11-10-25(35-26)21-8-6-17(2)19(4)14-21/h6-15H,1-5H3,(H2,32,33,34,37). The molecule has 1 amide bonds. The number of benzene rings is 3. The van der Waals surface area contributed by atoms with Crippen LogP contribution in [0.5, 0.6) is 0 Å². The summed E-state index contributed by atoms with van der Waals surface area (Å²) in [7, 11) is 0. The average Bonchev–Trinajstić information content (AvgIpc) is 3.50. The third kappa shape index (κ3) is 5.04. The second-order valence-corrected chi connectivity index (χ2v) is 9.76. The first-order valence-corrected chi connectivity index (χ1v) is 12.4. The molecule has 7 heteroatoms. The van der Waals surface area contributed by atoms with Crippen LogP contribution in [-0.4, -0.2) is 16.0 Å². The summed E-state index contributed by atoms with van der Waals surface area (Å²) in [5.74, 6) is 0.904. The summed E-state index contributed by atoms with van der Waals surface area (Å²) in [5, 5.41) is 5.98. The number of aromatic nitrogens is 1. The minimum Gasteiger partial charge on any atom is -0.451 e. The Bertz CT molecular complexity index is 1680. The first kappa shape index (κ1) is 24.5. The number of nitrogens with one attached hydrogen (secondary N) is 2. The second kappa shape index (κ2) is 9.67. The Morgan fingerprint density at radius 3 is 2.32 bits per heavy atom. The molecule has 6 nitrogen and oxygen atoms in total. The SMILES string of the molecule is Cc1cc(C)c2oc(-c3ccc(C)c(NC(=S)NC(=O)c4ccc(-c5ccc(C)c(C)c5)o4)c3)nc2c1. The number of fused-ring (bicyclic) bond motifs is 1. The molecule has 0 bridgehead atoms. The summed E-state index contributed by atoms with van der Waals surface area (Å²) in [6, 6.07) is 19.4. The first-order valence-electron chi connectivity index (χ1n) is 12.0. The van der Waals surface area contributed by atoms with Gasteiger partial charge in [-0.2, -0.15) is 0 Å². The smallest absolute Gasteiger partial charge is 0.293 e. The molecule has 2 N–H and O–H groups in total. The molecular weight excluding hydrogens is 482 g/mol. The van der Waals surface area contributed by atoms with Gasteiger partial charge < -0.3 is 14.2 Å². The fourth-order valence-electron chi connectivity index (χ4n) is 4.22. The number of nitrogens with zero attached hydrogens (tertiary/aromatic N) is 1. The van der Waals surface area contributed by atoms with Crippen molar-refractivity contribution in [1.29, 1.82) is 0 Å². The van der Waals surface area contributed by atoms with Crippen molar-refractivity contribution in [3.8, 4) is 22.8 Å². The summed E-state index contributed by atoms with van der Waals surface area (Å²) >= 11 is 5.42. The number of amides is 1. The van der Waals surface area contributed by atoms with Gasteiger partial charge in [-0.1, -0.05) is 24.3 Å². The van der Waals surface area contributed by atoms with Gasteiger partial charge in [-0.25, -0.2) is 4.98 Å². The van der Waals surface area contributed by atoms with E-state index in [0.717, 1.165) is 50.2 Å². The van der Waals surface area contributed by atoms with Crippen LogP contribution in [0.15, 0.2) is 69.5 Å². The van der Waals surface area contributed by atoms with Gasteiger partial charge >= 0.3 is 0 Å². The van der Waals surface area contributed by atoms with Crippen LogP contribution < -0.4 is 10.6 Å². The van der Waals surface area contributed by atoms with Crippen molar-refractivity contribution < 1.29 is 13.6 Å². The van der Waals surface area contributed by atoms with E-state index >= 15 is 0 Å². The van der Waals surface area contributed by atoms with E-state index in [1.165, 1.54) is 5.56 Å². The molecule has 0 fully saturated rings. The van der Waals surface area contributed by atoms with E-state index in [9.17, 15) is 4.79 Å². The number of thiocarbonyl (C=S) groups is 1. The van der Waals surface area contributed by atoms with Gasteiger partial charge in [-0.15, -0.1) is 0 Å². The third-order valence-electron chi connectivity index (χ3n) is 6.40. The molecule has 2 heterocycles. The molecule has 5 aromatic rings. The molecule has 0 saturated carbocycles. The van der Waals surface area contributed by atoms with Crippen LogP contribution >= 0.6 is 12.2 Å². The molecule has 186 valence electrons. The van der Waals surface area contributed by atoms with Crippen molar-refractivity contribution in [3.63, 3.8) is 0 Å². The number of rotatable bonds is 4. The largest absolute Gasteiger partial charge is 0.451 e. The molecule has 0 radical (unpaired) electrons. The Kier molecular flexibility index (Phi) is 6.39.